The summed E-state index contributed by atoms with van der Waals surface area (Å²) in [4.78, 5) is 6.69. The largest absolute Gasteiger partial charge is 0.311 e. The van der Waals surface area contributed by atoms with E-state index in [9.17, 15) is 0 Å². The maximum Gasteiger partial charge on any atom is 0.264 e. The van der Waals surface area contributed by atoms with Crippen molar-refractivity contribution in [2.24, 2.45) is 0 Å². The van der Waals surface area contributed by atoms with Gasteiger partial charge in [0.05, 0.1) is 11.1 Å². The summed E-state index contributed by atoms with van der Waals surface area (Å²) >= 11 is 2.07. The second kappa shape index (κ2) is 15.9. The number of anilines is 6. The van der Waals surface area contributed by atoms with Gasteiger partial charge >= 0.3 is 0 Å². The van der Waals surface area contributed by atoms with Crippen molar-refractivity contribution in [3.05, 3.63) is 244 Å². The molecule has 1 spiro atoms. The van der Waals surface area contributed by atoms with Crippen molar-refractivity contribution in [1.29, 1.82) is 0 Å². The summed E-state index contributed by atoms with van der Waals surface area (Å²) in [5.41, 5.74) is 30.4. The van der Waals surface area contributed by atoms with Crippen LogP contribution in [0.2, 0.25) is 0 Å². The van der Waals surface area contributed by atoms with Crippen molar-refractivity contribution in [2.45, 2.75) is 78.6 Å². The van der Waals surface area contributed by atoms with Crippen LogP contribution in [-0.2, 0) is 16.2 Å². The normalized spacial score (nSPS) is 14.3. The maximum absolute atomic E-state index is 2.68. The Balaban J connectivity index is 1.11. The van der Waals surface area contributed by atoms with E-state index in [4.69, 9.17) is 0 Å². The van der Waals surface area contributed by atoms with Crippen molar-refractivity contribution in [1.82, 2.24) is 0 Å². The smallest absolute Gasteiger partial charge is 0.264 e. The third kappa shape index (κ3) is 6.37. The molecule has 1 aromatic heterocycles. The van der Waals surface area contributed by atoms with E-state index in [0.29, 0.717) is 0 Å². The Bertz CT molecular complexity index is 3910. The third-order valence-corrected chi connectivity index (χ3v) is 18.1. The fraction of sp³-hybridized carbons (Fsp3) is 0.171. The molecule has 4 heteroatoms. The molecule has 0 radical (unpaired) electrons. The van der Waals surface area contributed by atoms with Crippen molar-refractivity contribution in [3.8, 4) is 44.5 Å². The second-order valence-corrected chi connectivity index (χ2v) is 24.6. The number of fused-ring (bicyclic) bond motifs is 15. The molecule has 2 nitrogen and oxygen atoms in total. The minimum absolute atomic E-state index is 0.0135. The second-order valence-electron chi connectivity index (χ2n) is 23.5. The fourth-order valence-corrected chi connectivity index (χ4v) is 14.8. The summed E-state index contributed by atoms with van der Waals surface area (Å²) in [6, 6.07) is 75.0. The fourth-order valence-electron chi connectivity index (χ4n) is 13.2. The van der Waals surface area contributed by atoms with Crippen LogP contribution in [-0.4, -0.2) is 6.71 Å². The van der Waals surface area contributed by atoms with Crippen LogP contribution in [0.25, 0.3) is 44.5 Å². The van der Waals surface area contributed by atoms with Gasteiger partial charge in [-0.2, -0.15) is 0 Å². The number of aryl methyl sites for hydroxylation is 3. The molecule has 3 heterocycles. The Morgan fingerprint density at radius 2 is 1.00 bits per heavy atom. The number of nitrogens with zero attached hydrogens (tertiary/aromatic N) is 2. The maximum atomic E-state index is 2.68. The van der Waals surface area contributed by atoms with Gasteiger partial charge in [0.25, 0.3) is 6.71 Å². The van der Waals surface area contributed by atoms with Crippen molar-refractivity contribution >= 4 is 67.9 Å². The summed E-state index contributed by atoms with van der Waals surface area (Å²) in [5.74, 6) is 0. The van der Waals surface area contributed by atoms with E-state index in [-0.39, 0.29) is 17.5 Å². The highest BCUT2D eigenvalue weighted by Gasteiger charge is 2.57. The molecule has 14 rings (SSSR count). The van der Waals surface area contributed by atoms with Crippen LogP contribution in [0.4, 0.5) is 34.1 Å². The van der Waals surface area contributed by atoms with Crippen LogP contribution < -0.4 is 25.5 Å². The van der Waals surface area contributed by atoms with Gasteiger partial charge in [-0.25, -0.2) is 0 Å². The Morgan fingerprint density at radius 3 is 1.68 bits per heavy atom. The molecule has 0 N–H and O–H groups in total. The van der Waals surface area contributed by atoms with Gasteiger partial charge in [-0.1, -0.05) is 204 Å². The van der Waals surface area contributed by atoms with Crippen LogP contribution in [0.3, 0.4) is 0 Å². The van der Waals surface area contributed by atoms with Crippen LogP contribution in [0.5, 0.6) is 0 Å². The number of thiophene rings is 1. The standard InChI is InChI=1S/C70H59BN2S/c1-42-23-30-49(31-24-42)72-60-40-46(55-37-43(2)25-34-51(55)45-17-11-10-12-18-45)26-36-59(60)71-64-61(72)38-44(3)39-62(64)73(50-32-27-47(28-33-50)68(4,5)6)65-63-54-35-29-48(69(7,8)9)41-58(54)70(66(63)74-67(65)71)56-21-15-13-19-52(56)53-20-14-16-22-57(53)70/h10-41H,1-9H3. The Morgan fingerprint density at radius 1 is 0.419 bits per heavy atom. The Labute approximate surface area is 441 Å². The van der Waals surface area contributed by atoms with Gasteiger partial charge < -0.3 is 9.80 Å². The lowest BCUT2D eigenvalue weighted by molar-refractivity contribution is 0.588. The average molecular weight is 971 g/mol. The van der Waals surface area contributed by atoms with E-state index in [2.05, 4.69) is 278 Å². The first-order chi connectivity index (χ1) is 35.7. The van der Waals surface area contributed by atoms with Gasteiger partial charge in [0, 0.05) is 43.7 Å². The lowest BCUT2D eigenvalue weighted by Crippen LogP contribution is -2.60. The predicted octanol–water partition coefficient (Wildman–Crippen LogP) is 17.0. The highest BCUT2D eigenvalue weighted by Crippen LogP contribution is 2.67. The molecule has 0 unspecified atom stereocenters. The van der Waals surface area contributed by atoms with Gasteiger partial charge in [-0.3, -0.25) is 0 Å². The van der Waals surface area contributed by atoms with Crippen LogP contribution in [0.1, 0.15) is 90.9 Å². The monoisotopic (exact) mass is 970 g/mol. The van der Waals surface area contributed by atoms with E-state index in [1.165, 1.54) is 138 Å². The number of hydrogen-bond donors (Lipinski definition) is 0. The highest BCUT2D eigenvalue weighted by atomic mass is 32.1. The van der Waals surface area contributed by atoms with Gasteiger partial charge in [-0.15, -0.1) is 11.3 Å². The molecule has 0 saturated carbocycles. The molecule has 74 heavy (non-hydrogen) atoms. The first-order valence-corrected chi connectivity index (χ1v) is 27.3. The molecule has 0 atom stereocenters. The molecule has 2 aliphatic heterocycles. The Hall–Kier alpha value is -7.66. The van der Waals surface area contributed by atoms with E-state index in [1.807, 2.05) is 0 Å². The molecule has 0 bridgehead atoms. The van der Waals surface area contributed by atoms with E-state index in [0.717, 1.165) is 5.69 Å². The molecular weight excluding hydrogens is 912 g/mol. The zero-order valence-corrected chi connectivity index (χ0v) is 44.7. The SMILES string of the molecule is Cc1ccc(N2c3cc(-c4cc(C)ccc4-c4ccccc4)ccc3B3c4sc5c(c4N(c4ccc(C(C)(C)C)cc4)c4cc(C)cc2c43)-c2ccc(C(C)(C)C)cc2C52c3ccccc3-c3ccccc32)cc1. The summed E-state index contributed by atoms with van der Waals surface area (Å²) in [6.07, 6.45) is 0. The molecule has 9 aromatic carbocycles. The van der Waals surface area contributed by atoms with Crippen molar-refractivity contribution in [2.75, 3.05) is 9.80 Å². The number of benzene rings is 9. The average Bonchev–Trinajstić information content (AvgIpc) is 4.19. The predicted molar refractivity (Wildman–Crippen MR) is 317 cm³/mol. The first kappa shape index (κ1) is 45.0. The molecule has 358 valence electrons. The molecule has 0 fully saturated rings. The first-order valence-electron chi connectivity index (χ1n) is 26.4. The zero-order chi connectivity index (χ0) is 50.6. The van der Waals surface area contributed by atoms with Crippen molar-refractivity contribution in [3.63, 3.8) is 0 Å². The molecule has 0 saturated heterocycles. The molecule has 0 amide bonds. The lowest BCUT2D eigenvalue weighted by Gasteiger charge is -2.44. The molecular formula is C70H59BN2S. The number of rotatable bonds is 4. The lowest BCUT2D eigenvalue weighted by atomic mass is 9.36. The van der Waals surface area contributed by atoms with E-state index < -0.39 is 5.41 Å². The van der Waals surface area contributed by atoms with Gasteiger partial charge in [-0.05, 0) is 157 Å². The van der Waals surface area contributed by atoms with E-state index in [1.54, 1.807) is 0 Å². The highest BCUT2D eigenvalue weighted by molar-refractivity contribution is 7.30. The van der Waals surface area contributed by atoms with Crippen LogP contribution in [0.15, 0.2) is 194 Å². The summed E-state index contributed by atoms with van der Waals surface area (Å²) < 4.78 is 1.40. The minimum Gasteiger partial charge on any atom is -0.311 e. The van der Waals surface area contributed by atoms with Gasteiger partial charge in [0.15, 0.2) is 0 Å². The topological polar surface area (TPSA) is 6.48 Å². The number of hydrogen-bond acceptors (Lipinski definition) is 3. The van der Waals surface area contributed by atoms with Crippen LogP contribution in [0, 0.1) is 20.8 Å². The molecule has 10 aromatic rings. The summed E-state index contributed by atoms with van der Waals surface area (Å²) in [7, 11) is 0. The molecule has 4 aliphatic rings. The summed E-state index contributed by atoms with van der Waals surface area (Å²) in [6.45, 7) is 20.7. The van der Waals surface area contributed by atoms with Crippen LogP contribution >= 0.6 is 11.3 Å². The Kier molecular flexibility index (Phi) is 9.68. The van der Waals surface area contributed by atoms with Gasteiger partial charge in [0.2, 0.25) is 0 Å². The quantitative estimate of drug-likeness (QED) is 0.162. The minimum atomic E-state index is -0.498. The summed E-state index contributed by atoms with van der Waals surface area (Å²) in [5, 5.41) is 0. The molecule has 2 aliphatic carbocycles. The van der Waals surface area contributed by atoms with Crippen molar-refractivity contribution < 1.29 is 0 Å². The zero-order valence-electron chi connectivity index (χ0n) is 43.9. The van der Waals surface area contributed by atoms with Gasteiger partial charge in [0.1, 0.15) is 0 Å². The third-order valence-electron chi connectivity index (χ3n) is 16.7. The van der Waals surface area contributed by atoms with E-state index >= 15 is 0 Å².